The number of hydrogen-bond acceptors (Lipinski definition) is 2. The van der Waals surface area contributed by atoms with E-state index in [0.717, 1.165) is 0 Å². The van der Waals surface area contributed by atoms with Crippen molar-refractivity contribution < 1.29 is 9.90 Å². The molecule has 4 heteroatoms. The molecule has 0 aliphatic carbocycles. The normalized spacial score (nSPS) is 11.7. The Labute approximate surface area is 53.2 Å². The van der Waals surface area contributed by atoms with Crippen molar-refractivity contribution in [1.82, 2.24) is 0 Å². The van der Waals surface area contributed by atoms with Crippen LogP contribution in [-0.4, -0.2) is 35.1 Å². The number of carbonyl (C=O) groups is 1. The third-order valence-electron chi connectivity index (χ3n) is 0.390. The summed E-state index contributed by atoms with van der Waals surface area (Å²) in [5.74, 6) is -0.963. The van der Waals surface area contributed by atoms with Crippen LogP contribution in [0.15, 0.2) is 0 Å². The quantitative estimate of drug-likeness (QED) is 0.454. The molecule has 0 aromatic carbocycles. The van der Waals surface area contributed by atoms with E-state index < -0.39 is 12.0 Å². The molecular weight excluding hydrogens is 157 g/mol. The van der Waals surface area contributed by atoms with Gasteiger partial charge < -0.3 is 10.8 Å². The van der Waals surface area contributed by atoms with Crippen molar-refractivity contribution in [2.24, 2.45) is 5.73 Å². The van der Waals surface area contributed by atoms with Gasteiger partial charge in [0.05, 0.1) is 0 Å². The molecule has 0 heterocycles. The van der Waals surface area contributed by atoms with E-state index in [9.17, 15) is 4.79 Å². The molecule has 0 fully saturated rings. The Morgan fingerprint density at radius 1 is 1.86 bits per heavy atom. The first-order valence-corrected chi connectivity index (χ1v) is 1.63. The average Bonchev–Trinajstić information content (AvgIpc) is 1.36. The first-order valence-electron chi connectivity index (χ1n) is 1.63. The number of rotatable bonds is 1. The van der Waals surface area contributed by atoms with E-state index in [2.05, 4.69) is 0 Å². The Morgan fingerprint density at radius 2 is 2.00 bits per heavy atom. The fraction of sp³-hybridized carbons (Fsp3) is 0.667. The SMILES string of the molecule is C[C@H](N)C(=O)O.[AsH3]. The molecule has 3 N–H and O–H groups in total. The summed E-state index contributed by atoms with van der Waals surface area (Å²) in [6.45, 7) is 1.42. The van der Waals surface area contributed by atoms with Gasteiger partial charge in [0.1, 0.15) is 6.04 Å². The van der Waals surface area contributed by atoms with Gasteiger partial charge in [-0.25, -0.2) is 0 Å². The first kappa shape index (κ1) is 10.1. The van der Waals surface area contributed by atoms with Crippen LogP contribution in [0.2, 0.25) is 0 Å². The second kappa shape index (κ2) is 4.16. The van der Waals surface area contributed by atoms with E-state index in [0.29, 0.717) is 0 Å². The maximum atomic E-state index is 9.57. The maximum absolute atomic E-state index is 9.57. The molecule has 0 rings (SSSR count). The van der Waals surface area contributed by atoms with E-state index in [1.54, 1.807) is 0 Å². The zero-order valence-corrected chi connectivity index (χ0v) is 7.18. The van der Waals surface area contributed by atoms with Crippen molar-refractivity contribution >= 4 is 23.9 Å². The van der Waals surface area contributed by atoms with Gasteiger partial charge in [-0.05, 0) is 6.92 Å². The molecular formula is C3H10AsNO2. The molecule has 0 spiro atoms. The fourth-order valence-corrected chi connectivity index (χ4v) is 0. The van der Waals surface area contributed by atoms with E-state index in [4.69, 9.17) is 10.8 Å². The summed E-state index contributed by atoms with van der Waals surface area (Å²) in [5, 5.41) is 7.87. The number of hydrogen-bond donors (Lipinski definition) is 2. The molecule has 0 aromatic heterocycles. The van der Waals surface area contributed by atoms with E-state index in [1.807, 2.05) is 0 Å². The Bertz CT molecular complexity index is 64.0. The number of carboxylic acids is 1. The Morgan fingerprint density at radius 3 is 2.00 bits per heavy atom. The summed E-state index contributed by atoms with van der Waals surface area (Å²) in [4.78, 5) is 9.57. The molecule has 0 saturated carbocycles. The Hall–Kier alpha value is -0.0116. The summed E-state index contributed by atoms with van der Waals surface area (Å²) in [6.07, 6.45) is 0. The van der Waals surface area contributed by atoms with Crippen LogP contribution in [0, 0.1) is 0 Å². The van der Waals surface area contributed by atoms with Gasteiger partial charge in [0.15, 0.2) is 0 Å². The number of nitrogens with two attached hydrogens (primary N) is 1. The van der Waals surface area contributed by atoms with Crippen molar-refractivity contribution in [2.45, 2.75) is 13.0 Å². The van der Waals surface area contributed by atoms with Crippen LogP contribution in [0.5, 0.6) is 0 Å². The summed E-state index contributed by atoms with van der Waals surface area (Å²) in [5.41, 5.74) is 4.84. The minimum absolute atomic E-state index is 0. The predicted molar refractivity (Wildman–Crippen MR) is 31.2 cm³/mol. The van der Waals surface area contributed by atoms with Crippen LogP contribution in [0.1, 0.15) is 6.92 Å². The molecule has 0 amide bonds. The van der Waals surface area contributed by atoms with Gasteiger partial charge in [0.2, 0.25) is 0 Å². The van der Waals surface area contributed by atoms with Gasteiger partial charge in [-0.3, -0.25) is 4.79 Å². The van der Waals surface area contributed by atoms with Crippen molar-refractivity contribution in [3.8, 4) is 0 Å². The van der Waals surface area contributed by atoms with Gasteiger partial charge in [-0.1, -0.05) is 0 Å². The average molecular weight is 167 g/mol. The summed E-state index contributed by atoms with van der Waals surface area (Å²) in [7, 11) is 0. The van der Waals surface area contributed by atoms with Gasteiger partial charge in [0.25, 0.3) is 0 Å². The molecule has 3 nitrogen and oxygen atoms in total. The van der Waals surface area contributed by atoms with Crippen molar-refractivity contribution in [1.29, 1.82) is 0 Å². The van der Waals surface area contributed by atoms with Gasteiger partial charge in [-0.2, -0.15) is 0 Å². The number of carboxylic acid groups (broad SMARTS) is 1. The molecule has 0 bridgehead atoms. The summed E-state index contributed by atoms with van der Waals surface area (Å²) >= 11 is 0. The van der Waals surface area contributed by atoms with Gasteiger partial charge in [-0.15, -0.1) is 0 Å². The molecule has 0 aliphatic rings. The van der Waals surface area contributed by atoms with E-state index >= 15 is 0 Å². The van der Waals surface area contributed by atoms with E-state index in [1.165, 1.54) is 6.92 Å². The molecule has 0 aromatic rings. The standard InChI is InChI=1S/C3H7NO2.AsH3/c1-2(4)3(5)6;/h2H,4H2,1H3,(H,5,6);1H3/t2-;/m0./s1. The van der Waals surface area contributed by atoms with Crippen LogP contribution in [0.25, 0.3) is 0 Å². The molecule has 0 aliphatic heterocycles. The zero-order valence-electron chi connectivity index (χ0n) is 4.22. The first-order chi connectivity index (χ1) is 2.64. The van der Waals surface area contributed by atoms with Crippen LogP contribution >= 0.6 is 0 Å². The van der Waals surface area contributed by atoms with Crippen LogP contribution in [0.4, 0.5) is 0 Å². The minimum atomic E-state index is -0.963. The second-order valence-corrected chi connectivity index (χ2v) is 1.13. The fourth-order valence-electron chi connectivity index (χ4n) is 0. The molecule has 2 atom stereocenters. The molecule has 44 valence electrons. The van der Waals surface area contributed by atoms with Crippen LogP contribution in [-0.2, 0) is 4.79 Å². The van der Waals surface area contributed by atoms with Crippen LogP contribution < -0.4 is 5.73 Å². The van der Waals surface area contributed by atoms with Crippen molar-refractivity contribution in [2.75, 3.05) is 0 Å². The topological polar surface area (TPSA) is 63.3 Å². The number of aliphatic carboxylic acids is 1. The molecule has 0 saturated heterocycles. The molecule has 0 radical (unpaired) electrons. The Balaban J connectivity index is 0. The summed E-state index contributed by atoms with van der Waals surface area (Å²) in [6, 6.07) is -0.731. The predicted octanol–water partition coefficient (Wildman–Crippen LogP) is -1.77. The van der Waals surface area contributed by atoms with Crippen molar-refractivity contribution in [3.63, 3.8) is 0 Å². The second-order valence-electron chi connectivity index (χ2n) is 1.13. The van der Waals surface area contributed by atoms with Gasteiger partial charge in [0, 0.05) is 0 Å². The summed E-state index contributed by atoms with van der Waals surface area (Å²) < 4.78 is 0. The van der Waals surface area contributed by atoms with Crippen molar-refractivity contribution in [3.05, 3.63) is 0 Å². The third kappa shape index (κ3) is 5.99. The van der Waals surface area contributed by atoms with Crippen LogP contribution in [0.3, 0.4) is 0 Å². The molecule has 7 heavy (non-hydrogen) atoms. The molecule has 1 unspecified atom stereocenters. The van der Waals surface area contributed by atoms with E-state index in [-0.39, 0.29) is 18.0 Å². The third-order valence-corrected chi connectivity index (χ3v) is 0.390. The zero-order chi connectivity index (χ0) is 5.15. The monoisotopic (exact) mass is 167 g/mol. The Kier molecular flexibility index (Phi) is 5.98. The van der Waals surface area contributed by atoms with Gasteiger partial charge >= 0.3 is 23.9 Å².